The van der Waals surface area contributed by atoms with E-state index in [1.165, 1.54) is 5.69 Å². The molecule has 0 bridgehead atoms. The Morgan fingerprint density at radius 1 is 1.25 bits per heavy atom. The molecule has 0 saturated carbocycles. The van der Waals surface area contributed by atoms with Gasteiger partial charge in [0.05, 0.1) is 12.8 Å². The zero-order valence-electron chi connectivity index (χ0n) is 17.2. The molecule has 1 aromatic carbocycles. The van der Waals surface area contributed by atoms with Gasteiger partial charge in [0.2, 0.25) is 0 Å². The minimum atomic E-state index is 0. The number of aryl methyl sites for hydroxylation is 3. The molecular formula is C20H32IN5O2. The number of hydrogen-bond acceptors (Lipinski definition) is 4. The summed E-state index contributed by atoms with van der Waals surface area (Å²) >= 11 is 0. The third-order valence-electron chi connectivity index (χ3n) is 4.20. The molecule has 28 heavy (non-hydrogen) atoms. The van der Waals surface area contributed by atoms with Crippen LogP contribution >= 0.6 is 24.0 Å². The van der Waals surface area contributed by atoms with Gasteiger partial charge in [-0.15, -0.1) is 24.0 Å². The van der Waals surface area contributed by atoms with Gasteiger partial charge in [-0.25, -0.2) is 0 Å². The summed E-state index contributed by atoms with van der Waals surface area (Å²) in [5, 5.41) is 20.8. The first-order valence-corrected chi connectivity index (χ1v) is 9.42. The van der Waals surface area contributed by atoms with Crippen LogP contribution in [0.1, 0.15) is 30.3 Å². The lowest BCUT2D eigenvalue weighted by atomic mass is 10.1. The van der Waals surface area contributed by atoms with E-state index in [4.69, 9.17) is 4.74 Å². The Kier molecular flexibility index (Phi) is 10.7. The minimum Gasteiger partial charge on any atom is -0.504 e. The summed E-state index contributed by atoms with van der Waals surface area (Å²) in [6, 6.07) is 7.51. The molecule has 0 radical (unpaired) electrons. The molecule has 0 aliphatic carbocycles. The molecular weight excluding hydrogens is 469 g/mol. The Balaban J connectivity index is 0.00000392. The van der Waals surface area contributed by atoms with Crippen molar-refractivity contribution in [2.45, 2.75) is 40.2 Å². The summed E-state index contributed by atoms with van der Waals surface area (Å²) < 4.78 is 7.18. The summed E-state index contributed by atoms with van der Waals surface area (Å²) in [4.78, 5) is 4.63. The fraction of sp³-hybridized carbons (Fsp3) is 0.500. The predicted octanol–water partition coefficient (Wildman–Crippen LogP) is 3.02. The lowest BCUT2D eigenvalue weighted by Gasteiger charge is -2.12. The second-order valence-electron chi connectivity index (χ2n) is 6.45. The Hall–Kier alpha value is -1.97. The Morgan fingerprint density at radius 2 is 2.04 bits per heavy atom. The van der Waals surface area contributed by atoms with E-state index >= 15 is 0 Å². The van der Waals surface area contributed by atoms with Gasteiger partial charge in [0, 0.05) is 31.9 Å². The number of aromatic hydroxyl groups is 1. The maximum atomic E-state index is 9.66. The summed E-state index contributed by atoms with van der Waals surface area (Å²) in [6.45, 7) is 9.31. The molecule has 0 atom stereocenters. The number of nitrogens with one attached hydrogen (secondary N) is 2. The van der Waals surface area contributed by atoms with Gasteiger partial charge >= 0.3 is 0 Å². The summed E-state index contributed by atoms with van der Waals surface area (Å²) in [5.74, 6) is 1.47. The fourth-order valence-electron chi connectivity index (χ4n) is 2.86. The number of hydrogen-bond donors (Lipinski definition) is 3. The fourth-order valence-corrected chi connectivity index (χ4v) is 2.86. The first-order valence-electron chi connectivity index (χ1n) is 9.42. The quantitative estimate of drug-likeness (QED) is 0.213. The maximum absolute atomic E-state index is 9.66. The van der Waals surface area contributed by atoms with Crippen molar-refractivity contribution in [1.29, 1.82) is 0 Å². The van der Waals surface area contributed by atoms with Crippen molar-refractivity contribution in [3.05, 3.63) is 41.2 Å². The van der Waals surface area contributed by atoms with Crippen molar-refractivity contribution in [2.24, 2.45) is 4.99 Å². The summed E-state index contributed by atoms with van der Waals surface area (Å²) in [5.41, 5.74) is 3.33. The molecule has 0 fully saturated rings. The average Bonchev–Trinajstić information content (AvgIpc) is 2.97. The van der Waals surface area contributed by atoms with Gasteiger partial charge < -0.3 is 20.5 Å². The zero-order chi connectivity index (χ0) is 19.6. The summed E-state index contributed by atoms with van der Waals surface area (Å²) in [7, 11) is 1.55. The third kappa shape index (κ3) is 7.57. The Labute approximate surface area is 184 Å². The molecule has 0 aliphatic rings. The Bertz CT molecular complexity index is 761. The van der Waals surface area contributed by atoms with Gasteiger partial charge in [0.25, 0.3) is 0 Å². The van der Waals surface area contributed by atoms with Gasteiger partial charge in [-0.1, -0.05) is 6.07 Å². The van der Waals surface area contributed by atoms with E-state index in [1.807, 2.05) is 23.7 Å². The van der Waals surface area contributed by atoms with Gasteiger partial charge in [-0.2, -0.15) is 5.10 Å². The van der Waals surface area contributed by atoms with Crippen molar-refractivity contribution in [1.82, 2.24) is 20.4 Å². The van der Waals surface area contributed by atoms with Crippen LogP contribution in [0.4, 0.5) is 0 Å². The van der Waals surface area contributed by atoms with Gasteiger partial charge in [-0.05, 0) is 57.4 Å². The lowest BCUT2D eigenvalue weighted by Crippen LogP contribution is -2.38. The molecule has 0 unspecified atom stereocenters. The van der Waals surface area contributed by atoms with Crippen LogP contribution < -0.4 is 15.4 Å². The molecule has 0 aliphatic heterocycles. The Morgan fingerprint density at radius 3 is 2.68 bits per heavy atom. The van der Waals surface area contributed by atoms with Crippen LogP contribution in [0.15, 0.2) is 29.3 Å². The molecule has 2 aromatic rings. The lowest BCUT2D eigenvalue weighted by molar-refractivity contribution is 0.373. The maximum Gasteiger partial charge on any atom is 0.191 e. The van der Waals surface area contributed by atoms with E-state index in [2.05, 4.69) is 40.6 Å². The standard InChI is InChI=1S/C20H31N5O2.HI/c1-5-21-20(22-10-6-12-25-16(3)13-15(2)24-25)23-11-9-17-7-8-18(26)19(14-17)27-4;/h7-8,13-14,26H,5-6,9-12H2,1-4H3,(H2,21,22,23);1H. The highest BCUT2D eigenvalue weighted by molar-refractivity contribution is 14.0. The molecule has 1 aromatic heterocycles. The van der Waals surface area contributed by atoms with Gasteiger partial charge in [-0.3, -0.25) is 9.67 Å². The second kappa shape index (κ2) is 12.5. The van der Waals surface area contributed by atoms with E-state index in [0.717, 1.165) is 56.2 Å². The topological polar surface area (TPSA) is 83.7 Å². The molecule has 1 heterocycles. The SMILES string of the molecule is CCNC(=NCCCn1nc(C)cc1C)NCCc1ccc(O)c(OC)c1.I. The van der Waals surface area contributed by atoms with Gasteiger partial charge in [0.1, 0.15) is 0 Å². The van der Waals surface area contributed by atoms with Crippen molar-refractivity contribution in [2.75, 3.05) is 26.7 Å². The molecule has 2 rings (SSSR count). The number of phenols is 1. The monoisotopic (exact) mass is 501 g/mol. The molecule has 3 N–H and O–H groups in total. The number of aromatic nitrogens is 2. The molecule has 8 heteroatoms. The predicted molar refractivity (Wildman–Crippen MR) is 124 cm³/mol. The number of methoxy groups -OCH3 is 1. The number of guanidine groups is 1. The van der Waals surface area contributed by atoms with E-state index in [9.17, 15) is 5.11 Å². The van der Waals surface area contributed by atoms with E-state index in [-0.39, 0.29) is 29.7 Å². The number of ether oxygens (including phenoxy) is 1. The van der Waals surface area contributed by atoms with Crippen LogP contribution in [0, 0.1) is 13.8 Å². The molecule has 0 spiro atoms. The van der Waals surface area contributed by atoms with E-state index in [0.29, 0.717) is 5.75 Å². The van der Waals surface area contributed by atoms with Crippen molar-refractivity contribution < 1.29 is 9.84 Å². The van der Waals surface area contributed by atoms with Crippen LogP contribution in [0.25, 0.3) is 0 Å². The van der Waals surface area contributed by atoms with Crippen LogP contribution in [0.5, 0.6) is 11.5 Å². The zero-order valence-corrected chi connectivity index (χ0v) is 19.5. The highest BCUT2D eigenvalue weighted by Gasteiger charge is 2.04. The average molecular weight is 501 g/mol. The van der Waals surface area contributed by atoms with Crippen molar-refractivity contribution >= 4 is 29.9 Å². The molecule has 156 valence electrons. The van der Waals surface area contributed by atoms with Crippen LogP contribution in [-0.4, -0.2) is 47.6 Å². The largest absolute Gasteiger partial charge is 0.504 e. The highest BCUT2D eigenvalue weighted by atomic mass is 127. The second-order valence-corrected chi connectivity index (χ2v) is 6.45. The van der Waals surface area contributed by atoms with Gasteiger partial charge in [0.15, 0.2) is 17.5 Å². The molecule has 0 saturated heterocycles. The highest BCUT2D eigenvalue weighted by Crippen LogP contribution is 2.26. The number of halogens is 1. The van der Waals surface area contributed by atoms with Crippen LogP contribution in [0.3, 0.4) is 0 Å². The van der Waals surface area contributed by atoms with Crippen molar-refractivity contribution in [3.8, 4) is 11.5 Å². The molecule has 7 nitrogen and oxygen atoms in total. The number of benzene rings is 1. The van der Waals surface area contributed by atoms with Crippen LogP contribution in [0.2, 0.25) is 0 Å². The number of nitrogens with zero attached hydrogens (tertiary/aromatic N) is 3. The molecule has 0 amide bonds. The smallest absolute Gasteiger partial charge is 0.191 e. The number of rotatable bonds is 9. The first kappa shape index (κ1) is 24.1. The summed E-state index contributed by atoms with van der Waals surface area (Å²) in [6.07, 6.45) is 1.75. The third-order valence-corrected chi connectivity index (χ3v) is 4.20. The van der Waals surface area contributed by atoms with E-state index < -0.39 is 0 Å². The van der Waals surface area contributed by atoms with E-state index in [1.54, 1.807) is 13.2 Å². The number of aliphatic imine (C=N–C) groups is 1. The minimum absolute atomic E-state index is 0. The first-order chi connectivity index (χ1) is 13.0. The van der Waals surface area contributed by atoms with Crippen molar-refractivity contribution in [3.63, 3.8) is 0 Å². The van der Waals surface area contributed by atoms with Crippen LogP contribution in [-0.2, 0) is 13.0 Å². The number of phenolic OH excluding ortho intramolecular Hbond substituents is 1. The normalized spacial score (nSPS) is 11.1.